The number of carbonyl (C=O) groups excluding carboxylic acids is 7. The number of esters is 2. The Balaban J connectivity index is 1.79. The summed E-state index contributed by atoms with van der Waals surface area (Å²) in [5.41, 5.74) is 6.18. The van der Waals surface area contributed by atoms with Crippen molar-refractivity contribution in [3.8, 4) is 5.75 Å². The second-order valence-corrected chi connectivity index (χ2v) is 11.7. The number of primary amides is 1. The zero-order valence-electron chi connectivity index (χ0n) is 28.9. The third-order valence-corrected chi connectivity index (χ3v) is 6.94. The molecule has 0 saturated carbocycles. The highest BCUT2D eigenvalue weighted by Crippen LogP contribution is 2.29. The quantitative estimate of drug-likeness (QED) is 0.0349. The summed E-state index contributed by atoms with van der Waals surface area (Å²) in [4.78, 5) is 85.6. The van der Waals surface area contributed by atoms with Gasteiger partial charge in [0.2, 0.25) is 64.4 Å². The highest BCUT2D eigenvalue weighted by Gasteiger charge is 2.29. The zero-order chi connectivity index (χ0) is 40.0. The minimum atomic E-state index is -2.43. The molecular weight excluding hydrogens is 721 g/mol. The van der Waals surface area contributed by atoms with Gasteiger partial charge in [-0.05, 0) is 31.5 Å². The van der Waals surface area contributed by atoms with Crippen LogP contribution in [-0.4, -0.2) is 72.8 Å². The average molecular weight is 760 g/mol. The van der Waals surface area contributed by atoms with Crippen LogP contribution in [0.4, 0.5) is 27.6 Å². The maximum absolute atomic E-state index is 13.6. The number of benzene rings is 2. The molecule has 3 atom stereocenters. The van der Waals surface area contributed by atoms with Crippen LogP contribution in [0.2, 0.25) is 0 Å². The molecule has 53 heavy (non-hydrogen) atoms. The molecule has 0 bridgehead atoms. The molecule has 5 amide bonds. The van der Waals surface area contributed by atoms with Crippen LogP contribution < -0.4 is 31.7 Å². The summed E-state index contributed by atoms with van der Waals surface area (Å²) in [5.74, 6) is -19.6. The van der Waals surface area contributed by atoms with E-state index in [-0.39, 0.29) is 31.5 Å². The van der Waals surface area contributed by atoms with Gasteiger partial charge in [-0.25, -0.2) is 13.2 Å². The Labute approximate surface area is 299 Å². The Bertz CT molecular complexity index is 1660. The van der Waals surface area contributed by atoms with Crippen molar-refractivity contribution in [3.63, 3.8) is 0 Å². The molecule has 0 spiro atoms. The molecule has 0 aliphatic carbocycles. The molecule has 2 aromatic rings. The highest BCUT2D eigenvalue weighted by molar-refractivity contribution is 6.00. The lowest BCUT2D eigenvalue weighted by Crippen LogP contribution is -2.55. The minimum Gasteiger partial charge on any atom is -0.461 e. The van der Waals surface area contributed by atoms with E-state index >= 15 is 0 Å². The Morgan fingerprint density at radius 1 is 0.698 bits per heavy atom. The number of halogens is 5. The van der Waals surface area contributed by atoms with Crippen LogP contribution in [0.5, 0.6) is 5.75 Å². The lowest BCUT2D eigenvalue weighted by Gasteiger charge is -2.22. The Kier molecular flexibility index (Phi) is 16.7. The fraction of sp³-hybridized carbons (Fsp3) is 0.424. The molecule has 0 heterocycles. The molecular formula is C33H38F5N5O10. The number of nitrogens with two attached hydrogens (primary N) is 1. The Morgan fingerprint density at radius 2 is 1.23 bits per heavy atom. The van der Waals surface area contributed by atoms with Crippen LogP contribution in [0.25, 0.3) is 0 Å². The van der Waals surface area contributed by atoms with Gasteiger partial charge >= 0.3 is 11.9 Å². The van der Waals surface area contributed by atoms with Crippen molar-refractivity contribution in [1.82, 2.24) is 16.0 Å². The first kappa shape index (κ1) is 43.5. The van der Waals surface area contributed by atoms with Gasteiger partial charge in [0.15, 0.2) is 0 Å². The van der Waals surface area contributed by atoms with E-state index in [9.17, 15) is 55.5 Å². The van der Waals surface area contributed by atoms with Gasteiger partial charge in [-0.1, -0.05) is 26.0 Å². The number of amides is 5. The second-order valence-electron chi connectivity index (χ2n) is 11.7. The van der Waals surface area contributed by atoms with E-state index in [0.717, 1.165) is 0 Å². The summed E-state index contributed by atoms with van der Waals surface area (Å²) < 4.78 is 81.3. The van der Waals surface area contributed by atoms with Crippen LogP contribution in [0.1, 0.15) is 52.5 Å². The lowest BCUT2D eigenvalue weighted by molar-refractivity contribution is -0.148. The molecule has 15 nitrogen and oxygen atoms in total. The molecule has 0 radical (unpaired) electrons. The first-order valence-corrected chi connectivity index (χ1v) is 15.9. The first-order chi connectivity index (χ1) is 24.8. The monoisotopic (exact) mass is 759 g/mol. The van der Waals surface area contributed by atoms with E-state index in [1.54, 1.807) is 26.0 Å². The van der Waals surface area contributed by atoms with Gasteiger partial charge in [-0.15, -0.1) is 0 Å². The maximum Gasteiger partial charge on any atom is 0.313 e. The summed E-state index contributed by atoms with van der Waals surface area (Å²) in [5, 5.41) is 9.53. The number of ether oxygens (including phenoxy) is 3. The molecule has 0 aromatic heterocycles. The zero-order valence-corrected chi connectivity index (χ0v) is 28.9. The third kappa shape index (κ3) is 13.8. The molecule has 0 aliphatic heterocycles. The summed E-state index contributed by atoms with van der Waals surface area (Å²) in [7, 11) is 0. The van der Waals surface area contributed by atoms with Crippen LogP contribution in [-0.2, 0) is 49.6 Å². The molecule has 0 fully saturated rings. The number of carbonyl (C=O) groups is 7. The van der Waals surface area contributed by atoms with Gasteiger partial charge in [0.1, 0.15) is 24.7 Å². The van der Waals surface area contributed by atoms with Crippen molar-refractivity contribution >= 4 is 47.2 Å². The van der Waals surface area contributed by atoms with Crippen LogP contribution >= 0.6 is 0 Å². The van der Waals surface area contributed by atoms with Crippen molar-refractivity contribution < 1.29 is 69.7 Å². The average Bonchev–Trinajstić information content (AvgIpc) is 3.10. The van der Waals surface area contributed by atoms with Gasteiger partial charge in [-0.3, -0.25) is 33.6 Å². The van der Waals surface area contributed by atoms with Crippen molar-refractivity contribution in [1.29, 1.82) is 0 Å². The van der Waals surface area contributed by atoms with Gasteiger partial charge in [0.05, 0.1) is 32.0 Å². The molecule has 2 aromatic carbocycles. The van der Waals surface area contributed by atoms with E-state index in [0.29, 0.717) is 11.3 Å². The molecule has 0 aliphatic rings. The van der Waals surface area contributed by atoms with Crippen molar-refractivity contribution in [3.05, 3.63) is 58.9 Å². The summed E-state index contributed by atoms with van der Waals surface area (Å²) in [6.07, 6.45) is -1.62. The van der Waals surface area contributed by atoms with Crippen molar-refractivity contribution in [2.75, 3.05) is 18.5 Å². The number of hydrogen-bond donors (Lipinski definition) is 5. The molecule has 290 valence electrons. The fourth-order valence-electron chi connectivity index (χ4n) is 3.99. The Hall–Kier alpha value is -5.66. The number of rotatable bonds is 19. The van der Waals surface area contributed by atoms with E-state index < -0.39 is 108 Å². The first-order valence-electron chi connectivity index (χ1n) is 15.9. The minimum absolute atomic E-state index is 0.0139. The molecule has 0 saturated heterocycles. The van der Waals surface area contributed by atoms with Crippen molar-refractivity contribution in [2.24, 2.45) is 11.7 Å². The van der Waals surface area contributed by atoms with Gasteiger partial charge < -0.3 is 41.2 Å². The van der Waals surface area contributed by atoms with Crippen molar-refractivity contribution in [2.45, 2.75) is 71.7 Å². The van der Waals surface area contributed by atoms with Gasteiger partial charge in [-0.2, -0.15) is 8.78 Å². The summed E-state index contributed by atoms with van der Waals surface area (Å²) >= 11 is 0. The predicted octanol–water partition coefficient (Wildman–Crippen LogP) is 1.79. The molecule has 6 N–H and O–H groups in total. The van der Waals surface area contributed by atoms with E-state index in [1.807, 2.05) is 0 Å². The van der Waals surface area contributed by atoms with E-state index in [2.05, 4.69) is 26.0 Å². The topological polar surface area (TPSA) is 221 Å². The molecule has 0 unspecified atom stereocenters. The Morgan fingerprint density at radius 3 is 1.79 bits per heavy atom. The highest BCUT2D eigenvalue weighted by atomic mass is 19.2. The van der Waals surface area contributed by atoms with Gasteiger partial charge in [0.25, 0.3) is 0 Å². The van der Waals surface area contributed by atoms with Crippen LogP contribution in [0, 0.1) is 35.0 Å². The van der Waals surface area contributed by atoms with E-state index in [4.69, 9.17) is 15.2 Å². The predicted molar refractivity (Wildman–Crippen MR) is 173 cm³/mol. The van der Waals surface area contributed by atoms with Crippen LogP contribution in [0.15, 0.2) is 24.3 Å². The number of anilines is 1. The maximum atomic E-state index is 13.6. The number of hydrogen-bond acceptors (Lipinski definition) is 10. The van der Waals surface area contributed by atoms with E-state index in [1.165, 1.54) is 26.0 Å². The largest absolute Gasteiger partial charge is 0.461 e. The van der Waals surface area contributed by atoms with Crippen LogP contribution in [0.3, 0.4) is 0 Å². The molecule has 20 heteroatoms. The third-order valence-electron chi connectivity index (χ3n) is 6.94. The second kappa shape index (κ2) is 20.4. The smallest absolute Gasteiger partial charge is 0.313 e. The normalized spacial score (nSPS) is 12.6. The summed E-state index contributed by atoms with van der Waals surface area (Å²) in [6, 6.07) is 2.34. The standard InChI is InChI=1S/C33H38F5N5O10/c1-15(2)33(50)52-14-18-5-7-19(8-6-18)42-32(49)20(13-21(39)44)43-31(48)17(4)41-30(47)16(3)40-22(45)9-11-51-12-10-23(46)53-29-27(37)25(35)24(34)26(36)28(29)38/h5-8,15-17,20H,9-14H2,1-4H3,(H2,39,44)(H,40,45)(H,41,47)(H,42,49)(H,43,48)/t16-,17-,20-/m0/s1. The fourth-order valence-corrected chi connectivity index (χ4v) is 3.99. The summed E-state index contributed by atoms with van der Waals surface area (Å²) in [6.45, 7) is 5.16. The molecule has 2 rings (SSSR count). The lowest BCUT2D eigenvalue weighted by atomic mass is 10.1. The van der Waals surface area contributed by atoms with Gasteiger partial charge in [0, 0.05) is 12.1 Å². The SMILES string of the molecule is CC(C)C(=O)OCc1ccc(NC(=O)[C@H](CC(N)=O)NC(=O)[C@H](C)NC(=O)[C@H](C)NC(=O)CCOCCC(=O)Oc2c(F)c(F)c(F)c(F)c2F)cc1. The number of nitrogens with one attached hydrogen (secondary N) is 4.